The molecule has 0 radical (unpaired) electrons. The van der Waals surface area contributed by atoms with E-state index in [1.807, 2.05) is 16.7 Å². The van der Waals surface area contributed by atoms with Gasteiger partial charge in [0, 0.05) is 39.1 Å². The first-order valence-corrected chi connectivity index (χ1v) is 13.0. The van der Waals surface area contributed by atoms with E-state index in [1.54, 1.807) is 6.92 Å². The lowest BCUT2D eigenvalue weighted by Gasteiger charge is -2.41. The smallest absolute Gasteiger partial charge is 0.230 e. The minimum Gasteiger partial charge on any atom is -0.381 e. The monoisotopic (exact) mass is 455 g/mol. The van der Waals surface area contributed by atoms with Crippen LogP contribution in [0.15, 0.2) is 18.2 Å². The number of ether oxygens (including phenoxy) is 1. The number of fused-ring (bicyclic) bond motifs is 1. The van der Waals surface area contributed by atoms with E-state index in [2.05, 4.69) is 30.4 Å². The van der Waals surface area contributed by atoms with Crippen molar-refractivity contribution in [2.24, 2.45) is 11.8 Å². The molecule has 1 aromatic rings. The van der Waals surface area contributed by atoms with Crippen LogP contribution in [-0.4, -0.2) is 50.7 Å². The van der Waals surface area contributed by atoms with Crippen LogP contribution < -0.4 is 15.1 Å². The second kappa shape index (κ2) is 11.0. The van der Waals surface area contributed by atoms with Gasteiger partial charge in [0.15, 0.2) is 0 Å². The Bertz CT molecular complexity index is 832. The second-order valence-electron chi connectivity index (χ2n) is 10.2. The predicted octanol–water partition coefficient (Wildman–Crippen LogP) is 4.47. The highest BCUT2D eigenvalue weighted by Gasteiger charge is 2.39. The van der Waals surface area contributed by atoms with Crippen LogP contribution in [-0.2, 0) is 14.3 Å². The summed E-state index contributed by atoms with van der Waals surface area (Å²) in [4.78, 5) is 29.4. The van der Waals surface area contributed by atoms with Crippen molar-refractivity contribution in [2.45, 2.75) is 77.7 Å². The van der Waals surface area contributed by atoms with Gasteiger partial charge in [-0.1, -0.05) is 19.4 Å². The van der Waals surface area contributed by atoms with Crippen molar-refractivity contribution in [3.8, 4) is 0 Å². The van der Waals surface area contributed by atoms with Gasteiger partial charge in [0.2, 0.25) is 11.8 Å². The summed E-state index contributed by atoms with van der Waals surface area (Å²) in [5, 5.41) is 3.71. The molecule has 3 aliphatic rings. The summed E-state index contributed by atoms with van der Waals surface area (Å²) in [5.41, 5.74) is 3.06. The lowest BCUT2D eigenvalue weighted by Crippen LogP contribution is -2.51. The molecule has 6 heteroatoms. The fourth-order valence-electron chi connectivity index (χ4n) is 5.49. The maximum atomic E-state index is 13.1. The lowest BCUT2D eigenvalue weighted by atomic mass is 9.92. The Morgan fingerprint density at radius 2 is 1.91 bits per heavy atom. The molecule has 1 aliphatic carbocycles. The number of carbonyl (C=O) groups is 2. The molecule has 2 heterocycles. The normalized spacial score (nSPS) is 22.2. The molecule has 0 bridgehead atoms. The molecule has 33 heavy (non-hydrogen) atoms. The molecular formula is C27H41N3O3. The van der Waals surface area contributed by atoms with Crippen molar-refractivity contribution in [2.75, 3.05) is 42.6 Å². The number of hydrogen-bond acceptors (Lipinski definition) is 4. The average Bonchev–Trinajstić information content (AvgIpc) is 3.66. The Morgan fingerprint density at radius 3 is 2.58 bits per heavy atom. The topological polar surface area (TPSA) is 61.9 Å². The Kier molecular flexibility index (Phi) is 8.07. The van der Waals surface area contributed by atoms with Gasteiger partial charge in [-0.15, -0.1) is 0 Å². The SMILES string of the molecule is CCCC(CNCCC1CCOCC1)c1ccc2c(c1)N(C(=O)C1CC1)C[C@H](C)N2C(C)=O. The van der Waals surface area contributed by atoms with Crippen molar-refractivity contribution in [3.05, 3.63) is 23.8 Å². The van der Waals surface area contributed by atoms with Crippen LogP contribution in [0.1, 0.15) is 77.2 Å². The minimum atomic E-state index is -0.0122. The zero-order valence-electron chi connectivity index (χ0n) is 20.6. The number of rotatable bonds is 9. The standard InChI is InChI=1S/C27H41N3O3/c1-4-5-24(17-28-13-10-21-11-14-33-15-12-21)23-8-9-25-26(16-23)29(27(32)22-6-7-22)18-19(2)30(25)20(3)31/h8-9,16,19,21-22,24,28H,4-7,10-15,17-18H2,1-3H3/t19-,24?/m0/s1. The molecule has 6 nitrogen and oxygen atoms in total. The maximum absolute atomic E-state index is 13.1. The van der Waals surface area contributed by atoms with Crippen LogP contribution in [0.3, 0.4) is 0 Å². The molecule has 2 amide bonds. The highest BCUT2D eigenvalue weighted by atomic mass is 16.5. The van der Waals surface area contributed by atoms with Gasteiger partial charge < -0.3 is 19.9 Å². The van der Waals surface area contributed by atoms with Crippen LogP contribution in [0.4, 0.5) is 11.4 Å². The fraction of sp³-hybridized carbons (Fsp3) is 0.704. The lowest BCUT2D eigenvalue weighted by molar-refractivity contribution is -0.120. The largest absolute Gasteiger partial charge is 0.381 e. The third-order valence-electron chi connectivity index (χ3n) is 7.54. The third kappa shape index (κ3) is 5.78. The predicted molar refractivity (Wildman–Crippen MR) is 133 cm³/mol. The van der Waals surface area contributed by atoms with Crippen LogP contribution in [0.5, 0.6) is 0 Å². The number of nitrogens with zero attached hydrogens (tertiary/aromatic N) is 2. The van der Waals surface area contributed by atoms with Gasteiger partial charge in [0.1, 0.15) is 0 Å². The summed E-state index contributed by atoms with van der Waals surface area (Å²) in [7, 11) is 0. The molecule has 1 unspecified atom stereocenters. The summed E-state index contributed by atoms with van der Waals surface area (Å²) in [6, 6.07) is 6.42. The first-order chi connectivity index (χ1) is 16.0. The molecule has 182 valence electrons. The van der Waals surface area contributed by atoms with E-state index in [9.17, 15) is 9.59 Å². The van der Waals surface area contributed by atoms with Gasteiger partial charge in [-0.3, -0.25) is 9.59 Å². The number of nitrogens with one attached hydrogen (secondary N) is 1. The molecule has 2 fully saturated rings. The van der Waals surface area contributed by atoms with E-state index in [1.165, 1.54) is 24.8 Å². The van der Waals surface area contributed by atoms with Crippen molar-refractivity contribution in [3.63, 3.8) is 0 Å². The van der Waals surface area contributed by atoms with Crippen molar-refractivity contribution < 1.29 is 14.3 Å². The molecule has 4 rings (SSSR count). The van der Waals surface area contributed by atoms with Crippen LogP contribution >= 0.6 is 0 Å². The molecule has 0 spiro atoms. The Balaban J connectivity index is 1.50. The quantitative estimate of drug-likeness (QED) is 0.558. The summed E-state index contributed by atoms with van der Waals surface area (Å²) >= 11 is 0. The van der Waals surface area contributed by atoms with Crippen molar-refractivity contribution >= 4 is 23.2 Å². The van der Waals surface area contributed by atoms with Gasteiger partial charge in [-0.05, 0) is 81.5 Å². The zero-order chi connectivity index (χ0) is 23.4. The summed E-state index contributed by atoms with van der Waals surface area (Å²) < 4.78 is 5.48. The number of amides is 2. The van der Waals surface area contributed by atoms with Gasteiger partial charge in [0.05, 0.1) is 17.4 Å². The van der Waals surface area contributed by atoms with E-state index >= 15 is 0 Å². The van der Waals surface area contributed by atoms with Gasteiger partial charge in [-0.2, -0.15) is 0 Å². The highest BCUT2D eigenvalue weighted by Crippen LogP contribution is 2.41. The molecule has 1 aromatic carbocycles. The summed E-state index contributed by atoms with van der Waals surface area (Å²) in [5.74, 6) is 1.61. The number of anilines is 2. The molecule has 1 saturated heterocycles. The fourth-order valence-corrected chi connectivity index (χ4v) is 5.49. The molecule has 1 saturated carbocycles. The zero-order valence-corrected chi connectivity index (χ0v) is 20.6. The van der Waals surface area contributed by atoms with E-state index < -0.39 is 0 Å². The van der Waals surface area contributed by atoms with E-state index in [0.29, 0.717) is 12.5 Å². The average molecular weight is 456 g/mol. The second-order valence-corrected chi connectivity index (χ2v) is 10.2. The molecule has 1 N–H and O–H groups in total. The molecule has 2 atom stereocenters. The number of benzene rings is 1. The van der Waals surface area contributed by atoms with Gasteiger partial charge >= 0.3 is 0 Å². The first-order valence-electron chi connectivity index (χ1n) is 13.0. The molecular weight excluding hydrogens is 414 g/mol. The maximum Gasteiger partial charge on any atom is 0.230 e. The van der Waals surface area contributed by atoms with Gasteiger partial charge in [0.25, 0.3) is 0 Å². The van der Waals surface area contributed by atoms with Gasteiger partial charge in [-0.25, -0.2) is 0 Å². The summed E-state index contributed by atoms with van der Waals surface area (Å²) in [6.45, 7) is 10.3. The first kappa shape index (κ1) is 24.2. The van der Waals surface area contributed by atoms with E-state index in [4.69, 9.17) is 4.74 Å². The van der Waals surface area contributed by atoms with E-state index in [-0.39, 0.29) is 23.8 Å². The minimum absolute atomic E-state index is 0.0122. The van der Waals surface area contributed by atoms with E-state index in [0.717, 1.165) is 69.3 Å². The Hall–Kier alpha value is -1.92. The molecule has 2 aliphatic heterocycles. The highest BCUT2D eigenvalue weighted by molar-refractivity contribution is 6.05. The van der Waals surface area contributed by atoms with Crippen LogP contribution in [0.2, 0.25) is 0 Å². The number of hydrogen-bond donors (Lipinski definition) is 1. The van der Waals surface area contributed by atoms with Crippen LogP contribution in [0, 0.1) is 11.8 Å². The summed E-state index contributed by atoms with van der Waals surface area (Å²) in [6.07, 6.45) is 7.77. The number of carbonyl (C=O) groups excluding carboxylic acids is 2. The van der Waals surface area contributed by atoms with Crippen molar-refractivity contribution in [1.29, 1.82) is 0 Å². The van der Waals surface area contributed by atoms with Crippen molar-refractivity contribution in [1.82, 2.24) is 5.32 Å². The molecule has 0 aromatic heterocycles. The Labute approximate surface area is 199 Å². The van der Waals surface area contributed by atoms with Crippen LogP contribution in [0.25, 0.3) is 0 Å². The Morgan fingerprint density at radius 1 is 1.15 bits per heavy atom. The third-order valence-corrected chi connectivity index (χ3v) is 7.54.